The number of fused-ring (bicyclic) bond motifs is 1. The van der Waals surface area contributed by atoms with Crippen LogP contribution in [0.1, 0.15) is 54.4 Å². The van der Waals surface area contributed by atoms with Gasteiger partial charge in [0.05, 0.1) is 31.0 Å². The second kappa shape index (κ2) is 9.92. The lowest BCUT2D eigenvalue weighted by atomic mass is 10.1. The van der Waals surface area contributed by atoms with Crippen LogP contribution in [0.25, 0.3) is 16.9 Å². The Hall–Kier alpha value is -4.22. The number of nitrogens with zero attached hydrogens (tertiary/aromatic N) is 5. The Morgan fingerprint density at radius 2 is 2.00 bits per heavy atom. The Balaban J connectivity index is 1.34. The van der Waals surface area contributed by atoms with E-state index in [0.29, 0.717) is 28.3 Å². The van der Waals surface area contributed by atoms with Crippen LogP contribution in [0, 0.1) is 5.92 Å². The van der Waals surface area contributed by atoms with Crippen molar-refractivity contribution in [1.29, 1.82) is 0 Å². The molecule has 1 unspecified atom stereocenters. The first-order chi connectivity index (χ1) is 18.2. The zero-order chi connectivity index (χ0) is 27.0. The minimum absolute atomic E-state index is 0.0301. The third-order valence-corrected chi connectivity index (χ3v) is 6.31. The van der Waals surface area contributed by atoms with Crippen molar-refractivity contribution in [1.82, 2.24) is 24.4 Å². The topological polar surface area (TPSA) is 103 Å². The van der Waals surface area contributed by atoms with Crippen molar-refractivity contribution in [3.8, 4) is 11.3 Å². The molecule has 3 heterocycles. The summed E-state index contributed by atoms with van der Waals surface area (Å²) in [5, 5.41) is 10.9. The van der Waals surface area contributed by atoms with Gasteiger partial charge in [-0.05, 0) is 44.0 Å². The van der Waals surface area contributed by atoms with Crippen LogP contribution in [0.5, 0.6) is 0 Å². The average molecular weight is 527 g/mol. The summed E-state index contributed by atoms with van der Waals surface area (Å²) in [4.78, 5) is 29.4. The average Bonchev–Trinajstić information content (AvgIpc) is 3.47. The first-order valence-corrected chi connectivity index (χ1v) is 12.2. The first kappa shape index (κ1) is 25.4. The third kappa shape index (κ3) is 5.11. The minimum Gasteiger partial charge on any atom is -0.462 e. The lowest BCUT2D eigenvalue weighted by molar-refractivity contribution is -0.141. The van der Waals surface area contributed by atoms with Crippen molar-refractivity contribution < 1.29 is 27.5 Å². The molecular weight excluding hydrogens is 501 g/mol. The van der Waals surface area contributed by atoms with Gasteiger partial charge in [-0.25, -0.2) is 14.3 Å². The fourth-order valence-electron chi connectivity index (χ4n) is 4.25. The van der Waals surface area contributed by atoms with E-state index in [4.69, 9.17) is 4.74 Å². The Labute approximate surface area is 215 Å². The number of esters is 1. The number of ether oxygens (including phenoxy) is 1. The number of benzene rings is 1. The van der Waals surface area contributed by atoms with Crippen LogP contribution in [0.4, 0.5) is 18.9 Å². The van der Waals surface area contributed by atoms with Gasteiger partial charge in [-0.15, -0.1) is 0 Å². The molecule has 0 saturated heterocycles. The second-order valence-corrected chi connectivity index (χ2v) is 9.22. The standard InChI is InChI=1S/C26H25F3N6O3/c1-3-38-25(37)19-13-31-35-20(9-10-30-23(19)35)17-5-4-6-18(11-17)32-24(36)15(2)14-34-21(16-7-8-16)12-22(33-34)26(27,28)29/h4-6,9-13,15-16H,3,7-8,14H2,1-2H3,(H,32,36). The number of carbonyl (C=O) groups excluding carboxylic acids is 2. The van der Waals surface area contributed by atoms with Gasteiger partial charge in [0.15, 0.2) is 11.3 Å². The van der Waals surface area contributed by atoms with Gasteiger partial charge in [0.25, 0.3) is 0 Å². The predicted octanol–water partition coefficient (Wildman–Crippen LogP) is 4.94. The quantitative estimate of drug-likeness (QED) is 0.326. The summed E-state index contributed by atoms with van der Waals surface area (Å²) in [6, 6.07) is 9.86. The van der Waals surface area contributed by atoms with Crippen molar-refractivity contribution in [3.05, 3.63) is 65.7 Å². The van der Waals surface area contributed by atoms with E-state index >= 15 is 0 Å². The van der Waals surface area contributed by atoms with E-state index < -0.39 is 23.8 Å². The Bertz CT molecular complexity index is 1510. The maximum Gasteiger partial charge on any atom is 0.435 e. The molecule has 3 aromatic heterocycles. The molecule has 1 fully saturated rings. The summed E-state index contributed by atoms with van der Waals surface area (Å²) >= 11 is 0. The van der Waals surface area contributed by atoms with Crippen molar-refractivity contribution in [3.63, 3.8) is 0 Å². The molecule has 0 spiro atoms. The largest absolute Gasteiger partial charge is 0.462 e. The van der Waals surface area contributed by atoms with Gasteiger partial charge in [-0.1, -0.05) is 19.1 Å². The molecule has 1 N–H and O–H groups in total. The van der Waals surface area contributed by atoms with E-state index in [9.17, 15) is 22.8 Å². The van der Waals surface area contributed by atoms with Gasteiger partial charge >= 0.3 is 12.1 Å². The van der Waals surface area contributed by atoms with Crippen molar-refractivity contribution in [2.45, 2.75) is 45.3 Å². The van der Waals surface area contributed by atoms with E-state index in [1.165, 1.54) is 15.4 Å². The SMILES string of the molecule is CCOC(=O)c1cnn2c(-c3cccc(NC(=O)C(C)Cn4nc(C(F)(F)F)cc4C4CC4)c3)ccnc12. The molecule has 4 aromatic rings. The Kier molecular flexibility index (Phi) is 6.64. The molecule has 1 aromatic carbocycles. The number of rotatable bonds is 8. The van der Waals surface area contributed by atoms with Crippen molar-refractivity contribution in [2.75, 3.05) is 11.9 Å². The molecular formula is C26H25F3N6O3. The first-order valence-electron chi connectivity index (χ1n) is 12.2. The molecule has 12 heteroatoms. The predicted molar refractivity (Wildman–Crippen MR) is 131 cm³/mol. The molecule has 1 aliphatic carbocycles. The third-order valence-electron chi connectivity index (χ3n) is 6.31. The van der Waals surface area contributed by atoms with Gasteiger partial charge in [-0.3, -0.25) is 9.48 Å². The maximum atomic E-state index is 13.2. The highest BCUT2D eigenvalue weighted by molar-refractivity contribution is 5.96. The summed E-state index contributed by atoms with van der Waals surface area (Å²) < 4.78 is 47.5. The van der Waals surface area contributed by atoms with E-state index in [1.54, 1.807) is 44.3 Å². The van der Waals surface area contributed by atoms with Gasteiger partial charge in [0, 0.05) is 29.1 Å². The van der Waals surface area contributed by atoms with Gasteiger partial charge in [0.1, 0.15) is 5.56 Å². The number of carbonyl (C=O) groups is 2. The number of hydrogen-bond donors (Lipinski definition) is 1. The van der Waals surface area contributed by atoms with E-state index in [1.807, 2.05) is 6.07 Å². The molecule has 1 saturated carbocycles. The molecule has 1 aliphatic rings. The molecule has 0 radical (unpaired) electrons. The summed E-state index contributed by atoms with van der Waals surface area (Å²) in [5.41, 5.74) is 2.01. The van der Waals surface area contributed by atoms with E-state index in [-0.39, 0.29) is 30.5 Å². The Morgan fingerprint density at radius 1 is 1.21 bits per heavy atom. The van der Waals surface area contributed by atoms with Crippen LogP contribution in [0.3, 0.4) is 0 Å². The monoisotopic (exact) mass is 526 g/mol. The summed E-state index contributed by atoms with van der Waals surface area (Å²) in [7, 11) is 0. The molecule has 38 heavy (non-hydrogen) atoms. The summed E-state index contributed by atoms with van der Waals surface area (Å²) in [5.74, 6) is -1.46. The normalized spacial score (nSPS) is 14.4. The number of anilines is 1. The van der Waals surface area contributed by atoms with Crippen LogP contribution in [0.15, 0.2) is 48.8 Å². The van der Waals surface area contributed by atoms with Gasteiger partial charge in [0.2, 0.25) is 5.91 Å². The molecule has 5 rings (SSSR count). The lowest BCUT2D eigenvalue weighted by Crippen LogP contribution is -2.25. The fraction of sp³-hybridized carbons (Fsp3) is 0.346. The molecule has 198 valence electrons. The van der Waals surface area contributed by atoms with Gasteiger partial charge in [-0.2, -0.15) is 23.4 Å². The van der Waals surface area contributed by atoms with E-state index in [0.717, 1.165) is 18.9 Å². The Morgan fingerprint density at radius 3 is 2.71 bits per heavy atom. The maximum absolute atomic E-state index is 13.2. The number of nitrogens with one attached hydrogen (secondary N) is 1. The van der Waals surface area contributed by atoms with Crippen LogP contribution in [-0.4, -0.2) is 42.9 Å². The zero-order valence-electron chi connectivity index (χ0n) is 20.7. The highest BCUT2D eigenvalue weighted by Crippen LogP contribution is 2.42. The molecule has 9 nitrogen and oxygen atoms in total. The highest BCUT2D eigenvalue weighted by atomic mass is 19.4. The lowest BCUT2D eigenvalue weighted by Gasteiger charge is -2.15. The van der Waals surface area contributed by atoms with Crippen molar-refractivity contribution >= 4 is 23.2 Å². The van der Waals surface area contributed by atoms with Crippen LogP contribution >= 0.6 is 0 Å². The molecule has 1 amide bonds. The minimum atomic E-state index is -4.54. The highest BCUT2D eigenvalue weighted by Gasteiger charge is 2.38. The van der Waals surface area contributed by atoms with Crippen LogP contribution in [-0.2, 0) is 22.3 Å². The van der Waals surface area contributed by atoms with Crippen LogP contribution in [0.2, 0.25) is 0 Å². The number of hydrogen-bond acceptors (Lipinski definition) is 6. The summed E-state index contributed by atoms with van der Waals surface area (Å²) in [6.45, 7) is 3.62. The fourth-order valence-corrected chi connectivity index (χ4v) is 4.25. The smallest absolute Gasteiger partial charge is 0.435 e. The van der Waals surface area contributed by atoms with Crippen LogP contribution < -0.4 is 5.32 Å². The molecule has 0 aliphatic heterocycles. The number of amides is 1. The number of halogens is 3. The van der Waals surface area contributed by atoms with E-state index in [2.05, 4.69) is 20.5 Å². The number of alkyl halides is 3. The van der Waals surface area contributed by atoms with Crippen molar-refractivity contribution in [2.24, 2.45) is 5.92 Å². The van der Waals surface area contributed by atoms with Gasteiger partial charge < -0.3 is 10.1 Å². The summed E-state index contributed by atoms with van der Waals surface area (Å²) in [6.07, 6.45) is 0.0445. The molecule has 0 bridgehead atoms. The second-order valence-electron chi connectivity index (χ2n) is 9.22. The molecule has 1 atom stereocenters. The number of aromatic nitrogens is 5. The zero-order valence-corrected chi connectivity index (χ0v) is 20.7.